The van der Waals surface area contributed by atoms with Crippen LogP contribution in [0.2, 0.25) is 0 Å². The Balaban J connectivity index is 1.94. The normalized spacial score (nSPS) is 19.2. The quantitative estimate of drug-likeness (QED) is 0.669. The number of H-pyrrole nitrogens is 1. The van der Waals surface area contributed by atoms with Gasteiger partial charge >= 0.3 is 0 Å². The largest absolute Gasteiger partial charge is 0.356 e. The molecule has 0 saturated carbocycles. The lowest BCUT2D eigenvalue weighted by Crippen LogP contribution is -2.47. The fraction of sp³-hybridized carbons (Fsp3) is 0.417. The molecular formula is C12H15N3O3. The zero-order valence-electron chi connectivity index (χ0n) is 10.1. The summed E-state index contributed by atoms with van der Waals surface area (Å²) in [6.45, 7) is 1.90. The van der Waals surface area contributed by atoms with E-state index in [2.05, 4.69) is 15.6 Å². The summed E-state index contributed by atoms with van der Waals surface area (Å²) in [6, 6.07) is 1.47. The maximum Gasteiger partial charge on any atom is 0.267 e. The first-order valence-electron chi connectivity index (χ1n) is 5.83. The SMILES string of the molecule is CC(=O)c1c[nH]c(C(=O)NC2CCC(=O)NC2)c1. The van der Waals surface area contributed by atoms with E-state index in [9.17, 15) is 14.4 Å². The minimum Gasteiger partial charge on any atom is -0.356 e. The van der Waals surface area contributed by atoms with E-state index in [1.54, 1.807) is 0 Å². The third-order valence-electron chi connectivity index (χ3n) is 2.93. The van der Waals surface area contributed by atoms with Crippen LogP contribution in [0.1, 0.15) is 40.6 Å². The molecule has 1 aliphatic rings. The molecule has 0 aromatic carbocycles. The lowest BCUT2D eigenvalue weighted by Gasteiger charge is -2.23. The van der Waals surface area contributed by atoms with Crippen LogP contribution in [0.4, 0.5) is 0 Å². The van der Waals surface area contributed by atoms with Gasteiger partial charge in [0.1, 0.15) is 5.69 Å². The number of piperidine rings is 1. The van der Waals surface area contributed by atoms with Gasteiger partial charge in [0.05, 0.1) is 0 Å². The van der Waals surface area contributed by atoms with Crippen LogP contribution in [-0.2, 0) is 4.79 Å². The van der Waals surface area contributed by atoms with E-state index < -0.39 is 0 Å². The van der Waals surface area contributed by atoms with Crippen LogP contribution in [0, 0.1) is 0 Å². The molecule has 6 nitrogen and oxygen atoms in total. The van der Waals surface area contributed by atoms with E-state index in [0.717, 1.165) is 0 Å². The molecule has 2 heterocycles. The maximum absolute atomic E-state index is 11.9. The Bertz CT molecular complexity index is 483. The Kier molecular flexibility index (Phi) is 3.45. The van der Waals surface area contributed by atoms with E-state index in [1.807, 2.05) is 0 Å². The highest BCUT2D eigenvalue weighted by Gasteiger charge is 2.20. The van der Waals surface area contributed by atoms with Crippen molar-refractivity contribution in [2.45, 2.75) is 25.8 Å². The molecule has 2 rings (SSSR count). The Morgan fingerprint density at radius 1 is 1.44 bits per heavy atom. The maximum atomic E-state index is 11.9. The summed E-state index contributed by atoms with van der Waals surface area (Å²) in [6.07, 6.45) is 2.58. The second-order valence-electron chi connectivity index (χ2n) is 4.37. The molecule has 1 aromatic heterocycles. The lowest BCUT2D eigenvalue weighted by molar-refractivity contribution is -0.122. The number of hydrogen-bond donors (Lipinski definition) is 3. The van der Waals surface area contributed by atoms with Gasteiger partial charge in [-0.3, -0.25) is 14.4 Å². The van der Waals surface area contributed by atoms with E-state index in [0.29, 0.717) is 30.6 Å². The number of aromatic amines is 1. The monoisotopic (exact) mass is 249 g/mol. The Labute approximate surface area is 104 Å². The lowest BCUT2D eigenvalue weighted by atomic mass is 10.1. The molecule has 96 valence electrons. The number of hydrogen-bond acceptors (Lipinski definition) is 3. The average Bonchev–Trinajstić information content (AvgIpc) is 2.81. The van der Waals surface area contributed by atoms with Crippen LogP contribution < -0.4 is 10.6 Å². The molecule has 1 saturated heterocycles. The topological polar surface area (TPSA) is 91.1 Å². The number of Topliss-reactive ketones (excluding diaryl/α,β-unsaturated/α-hetero) is 1. The molecule has 6 heteroatoms. The molecule has 1 aromatic rings. The molecule has 1 unspecified atom stereocenters. The number of nitrogens with one attached hydrogen (secondary N) is 3. The second kappa shape index (κ2) is 5.03. The van der Waals surface area contributed by atoms with E-state index in [4.69, 9.17) is 0 Å². The van der Waals surface area contributed by atoms with Gasteiger partial charge in [0.15, 0.2) is 5.78 Å². The van der Waals surface area contributed by atoms with Gasteiger partial charge in [0.2, 0.25) is 5.91 Å². The number of carbonyl (C=O) groups excluding carboxylic acids is 3. The molecule has 0 radical (unpaired) electrons. The van der Waals surface area contributed by atoms with Crippen molar-refractivity contribution in [2.24, 2.45) is 0 Å². The molecule has 1 fully saturated rings. The number of ketones is 1. The zero-order valence-corrected chi connectivity index (χ0v) is 10.1. The van der Waals surface area contributed by atoms with Crippen LogP contribution in [0.5, 0.6) is 0 Å². The minimum atomic E-state index is -0.261. The first-order valence-corrected chi connectivity index (χ1v) is 5.83. The molecular weight excluding hydrogens is 234 g/mol. The van der Waals surface area contributed by atoms with Crippen LogP contribution in [0.25, 0.3) is 0 Å². The Morgan fingerprint density at radius 2 is 2.22 bits per heavy atom. The minimum absolute atomic E-state index is 0.0132. The van der Waals surface area contributed by atoms with E-state index in [1.165, 1.54) is 19.2 Å². The summed E-state index contributed by atoms with van der Waals surface area (Å²) in [7, 11) is 0. The van der Waals surface area contributed by atoms with Crippen molar-refractivity contribution in [3.05, 3.63) is 23.5 Å². The van der Waals surface area contributed by atoms with Gasteiger partial charge in [-0.1, -0.05) is 0 Å². The molecule has 3 N–H and O–H groups in total. The van der Waals surface area contributed by atoms with Gasteiger partial charge in [0, 0.05) is 30.8 Å². The van der Waals surface area contributed by atoms with Gasteiger partial charge in [-0.05, 0) is 19.4 Å². The highest BCUT2D eigenvalue weighted by molar-refractivity contribution is 5.99. The average molecular weight is 249 g/mol. The van der Waals surface area contributed by atoms with Crippen LogP contribution in [-0.4, -0.2) is 35.2 Å². The van der Waals surface area contributed by atoms with Crippen LogP contribution in [0.15, 0.2) is 12.3 Å². The molecule has 2 amide bonds. The summed E-state index contributed by atoms with van der Waals surface area (Å²) >= 11 is 0. The fourth-order valence-corrected chi connectivity index (χ4v) is 1.85. The smallest absolute Gasteiger partial charge is 0.267 e. The van der Waals surface area contributed by atoms with Crippen molar-refractivity contribution in [1.82, 2.24) is 15.6 Å². The van der Waals surface area contributed by atoms with E-state index >= 15 is 0 Å². The van der Waals surface area contributed by atoms with Crippen molar-refractivity contribution < 1.29 is 14.4 Å². The first kappa shape index (κ1) is 12.3. The van der Waals surface area contributed by atoms with Crippen LogP contribution in [0.3, 0.4) is 0 Å². The number of carbonyl (C=O) groups is 3. The number of aromatic nitrogens is 1. The Morgan fingerprint density at radius 3 is 2.78 bits per heavy atom. The summed E-state index contributed by atoms with van der Waals surface area (Å²) in [5.74, 6) is -0.335. The van der Waals surface area contributed by atoms with Gasteiger partial charge in [-0.15, -0.1) is 0 Å². The summed E-state index contributed by atoms with van der Waals surface area (Å²) < 4.78 is 0. The van der Waals surface area contributed by atoms with Crippen LogP contribution >= 0.6 is 0 Å². The summed E-state index contributed by atoms with van der Waals surface area (Å²) in [4.78, 5) is 36.7. The fourth-order valence-electron chi connectivity index (χ4n) is 1.85. The molecule has 18 heavy (non-hydrogen) atoms. The predicted molar refractivity (Wildman–Crippen MR) is 64.3 cm³/mol. The van der Waals surface area contributed by atoms with Gasteiger partial charge in [-0.2, -0.15) is 0 Å². The molecule has 0 spiro atoms. The summed E-state index contributed by atoms with van der Waals surface area (Å²) in [5.41, 5.74) is 0.842. The third-order valence-corrected chi connectivity index (χ3v) is 2.93. The third kappa shape index (κ3) is 2.77. The molecule has 0 aliphatic carbocycles. The molecule has 1 aliphatic heterocycles. The van der Waals surface area contributed by atoms with Crippen molar-refractivity contribution in [2.75, 3.05) is 6.54 Å². The molecule has 0 bridgehead atoms. The standard InChI is InChI=1S/C12H15N3O3/c1-7(16)8-4-10(13-5-8)12(18)15-9-2-3-11(17)14-6-9/h4-5,9,13H,2-3,6H2,1H3,(H,14,17)(H,15,18). The van der Waals surface area contributed by atoms with Gasteiger partial charge < -0.3 is 15.6 Å². The zero-order chi connectivity index (χ0) is 13.1. The predicted octanol–water partition coefficient (Wildman–Crippen LogP) is 0.226. The number of amides is 2. The van der Waals surface area contributed by atoms with Crippen molar-refractivity contribution >= 4 is 17.6 Å². The number of rotatable bonds is 3. The summed E-state index contributed by atoms with van der Waals surface area (Å²) in [5, 5.41) is 5.51. The highest BCUT2D eigenvalue weighted by atomic mass is 16.2. The van der Waals surface area contributed by atoms with Gasteiger partial charge in [0.25, 0.3) is 5.91 Å². The highest BCUT2D eigenvalue weighted by Crippen LogP contribution is 2.07. The van der Waals surface area contributed by atoms with Crippen molar-refractivity contribution in [3.8, 4) is 0 Å². The van der Waals surface area contributed by atoms with Crippen molar-refractivity contribution in [3.63, 3.8) is 0 Å². The second-order valence-corrected chi connectivity index (χ2v) is 4.37. The molecule has 1 atom stereocenters. The van der Waals surface area contributed by atoms with E-state index in [-0.39, 0.29) is 23.6 Å². The van der Waals surface area contributed by atoms with Gasteiger partial charge in [-0.25, -0.2) is 0 Å². The van der Waals surface area contributed by atoms with Crippen molar-refractivity contribution in [1.29, 1.82) is 0 Å². The Hall–Kier alpha value is -2.11. The first-order chi connectivity index (χ1) is 8.56.